The van der Waals surface area contributed by atoms with Crippen LogP contribution >= 0.6 is 0 Å². The van der Waals surface area contributed by atoms with Crippen molar-refractivity contribution in [1.29, 1.82) is 0 Å². The maximum atomic E-state index is 10.1. The Labute approximate surface area is 110 Å². The molecule has 2 rings (SSSR count). The summed E-state index contributed by atoms with van der Waals surface area (Å²) >= 11 is 0. The highest BCUT2D eigenvalue weighted by Crippen LogP contribution is 2.28. The van der Waals surface area contributed by atoms with Crippen molar-refractivity contribution in [2.24, 2.45) is 0 Å². The highest BCUT2D eigenvalue weighted by Gasteiger charge is 2.17. The first-order valence-electron chi connectivity index (χ1n) is 6.93. The average Bonchev–Trinajstić information content (AvgIpc) is 2.62. The van der Waals surface area contributed by atoms with Crippen LogP contribution in [0.15, 0.2) is 24.3 Å². The summed E-state index contributed by atoms with van der Waals surface area (Å²) in [5.74, 6) is 0. The van der Waals surface area contributed by atoms with E-state index < -0.39 is 0 Å². The van der Waals surface area contributed by atoms with Crippen molar-refractivity contribution in [3.05, 3.63) is 29.8 Å². The lowest BCUT2D eigenvalue weighted by Gasteiger charge is -2.27. The molecular formula is C15H24N2O. The molecule has 0 spiro atoms. The van der Waals surface area contributed by atoms with Crippen molar-refractivity contribution in [2.45, 2.75) is 25.9 Å². The van der Waals surface area contributed by atoms with E-state index in [1.165, 1.54) is 12.1 Å². The van der Waals surface area contributed by atoms with Gasteiger partial charge < -0.3 is 14.9 Å². The molecule has 1 N–H and O–H groups in total. The van der Waals surface area contributed by atoms with Crippen LogP contribution in [0.2, 0.25) is 0 Å². The molecule has 1 saturated heterocycles. The molecule has 0 bridgehead atoms. The third-order valence-electron chi connectivity index (χ3n) is 3.74. The molecule has 1 fully saturated rings. The average molecular weight is 248 g/mol. The molecule has 3 nitrogen and oxygen atoms in total. The van der Waals surface area contributed by atoms with Crippen LogP contribution in [-0.4, -0.2) is 43.2 Å². The number of benzene rings is 1. The van der Waals surface area contributed by atoms with Crippen LogP contribution in [0.25, 0.3) is 0 Å². The van der Waals surface area contributed by atoms with E-state index in [1.807, 2.05) is 13.0 Å². The normalized spacial score (nSPS) is 19.6. The zero-order valence-corrected chi connectivity index (χ0v) is 11.5. The molecule has 1 unspecified atom stereocenters. The molecule has 1 aliphatic heterocycles. The van der Waals surface area contributed by atoms with E-state index in [2.05, 4.69) is 35.0 Å². The smallest absolute Gasteiger partial charge is 0.0807 e. The Morgan fingerprint density at radius 1 is 1.17 bits per heavy atom. The Balaban J connectivity index is 2.21. The molecule has 1 aromatic carbocycles. The van der Waals surface area contributed by atoms with Crippen LogP contribution in [-0.2, 0) is 0 Å². The molecule has 0 radical (unpaired) electrons. The largest absolute Gasteiger partial charge is 0.388 e. The van der Waals surface area contributed by atoms with Gasteiger partial charge in [0.1, 0.15) is 0 Å². The number of anilines is 1. The van der Waals surface area contributed by atoms with Gasteiger partial charge in [-0.1, -0.05) is 25.1 Å². The summed E-state index contributed by atoms with van der Waals surface area (Å²) in [5, 5.41) is 10.1. The van der Waals surface area contributed by atoms with Gasteiger partial charge in [0.2, 0.25) is 0 Å². The number of aliphatic hydroxyl groups is 1. The van der Waals surface area contributed by atoms with E-state index in [0.717, 1.165) is 38.2 Å². The van der Waals surface area contributed by atoms with Gasteiger partial charge in [-0.2, -0.15) is 0 Å². The second kappa shape index (κ2) is 6.21. The fourth-order valence-electron chi connectivity index (χ4n) is 2.56. The quantitative estimate of drug-likeness (QED) is 0.889. The Morgan fingerprint density at radius 2 is 1.94 bits per heavy atom. The van der Waals surface area contributed by atoms with Crippen LogP contribution in [0, 0.1) is 0 Å². The molecular weight excluding hydrogens is 224 g/mol. The molecule has 0 aliphatic carbocycles. The maximum Gasteiger partial charge on any atom is 0.0807 e. The highest BCUT2D eigenvalue weighted by atomic mass is 16.3. The molecule has 1 aliphatic rings. The number of likely N-dealkylation sites (N-methyl/N-ethyl adjacent to an activating group) is 1. The van der Waals surface area contributed by atoms with Gasteiger partial charge in [-0.3, -0.25) is 0 Å². The van der Waals surface area contributed by atoms with Crippen molar-refractivity contribution in [3.63, 3.8) is 0 Å². The highest BCUT2D eigenvalue weighted by molar-refractivity contribution is 5.54. The van der Waals surface area contributed by atoms with E-state index in [0.29, 0.717) is 0 Å². The van der Waals surface area contributed by atoms with Crippen molar-refractivity contribution >= 4 is 5.69 Å². The van der Waals surface area contributed by atoms with Crippen molar-refractivity contribution in [3.8, 4) is 0 Å². The van der Waals surface area contributed by atoms with Gasteiger partial charge in [0.05, 0.1) is 6.10 Å². The van der Waals surface area contributed by atoms with Gasteiger partial charge in [0.15, 0.2) is 0 Å². The summed E-state index contributed by atoms with van der Waals surface area (Å²) in [6.07, 6.45) is 1.61. The van der Waals surface area contributed by atoms with Crippen LogP contribution in [0.4, 0.5) is 5.69 Å². The number of hydrogen-bond acceptors (Lipinski definition) is 3. The first-order valence-corrected chi connectivity index (χ1v) is 6.93. The fourth-order valence-corrected chi connectivity index (χ4v) is 2.56. The first-order chi connectivity index (χ1) is 8.72. The van der Waals surface area contributed by atoms with E-state index in [-0.39, 0.29) is 6.10 Å². The lowest BCUT2D eigenvalue weighted by atomic mass is 10.0. The van der Waals surface area contributed by atoms with Gasteiger partial charge in [0.25, 0.3) is 0 Å². The molecule has 1 aromatic rings. The SMILES string of the molecule is CCC(O)c1ccccc1N1CCCN(C)CC1. The van der Waals surface area contributed by atoms with Gasteiger partial charge in [0, 0.05) is 30.9 Å². The number of para-hydroxylation sites is 1. The Bertz CT molecular complexity index is 381. The second-order valence-electron chi connectivity index (χ2n) is 5.13. The minimum Gasteiger partial charge on any atom is -0.388 e. The molecule has 0 saturated carbocycles. The summed E-state index contributed by atoms with van der Waals surface area (Å²) in [6.45, 7) is 6.41. The van der Waals surface area contributed by atoms with E-state index in [9.17, 15) is 5.11 Å². The van der Waals surface area contributed by atoms with Crippen LogP contribution in [0.1, 0.15) is 31.4 Å². The number of hydrogen-bond donors (Lipinski definition) is 1. The molecule has 3 heteroatoms. The lowest BCUT2D eigenvalue weighted by molar-refractivity contribution is 0.174. The summed E-state index contributed by atoms with van der Waals surface area (Å²) < 4.78 is 0. The molecule has 0 amide bonds. The van der Waals surface area contributed by atoms with Crippen molar-refractivity contribution < 1.29 is 5.11 Å². The van der Waals surface area contributed by atoms with E-state index >= 15 is 0 Å². The standard InChI is InChI=1S/C15H24N2O/c1-3-15(18)13-7-4-5-8-14(13)17-10-6-9-16(2)11-12-17/h4-5,7-8,15,18H,3,6,9-12H2,1-2H3. The maximum absolute atomic E-state index is 10.1. The zero-order valence-electron chi connectivity index (χ0n) is 11.5. The zero-order chi connectivity index (χ0) is 13.0. The summed E-state index contributed by atoms with van der Waals surface area (Å²) in [5.41, 5.74) is 2.28. The number of aliphatic hydroxyl groups excluding tert-OH is 1. The Morgan fingerprint density at radius 3 is 2.72 bits per heavy atom. The number of rotatable bonds is 3. The molecule has 1 heterocycles. The van der Waals surface area contributed by atoms with Gasteiger partial charge in [-0.15, -0.1) is 0 Å². The predicted octanol–water partition coefficient (Wildman–Crippen LogP) is 2.27. The third kappa shape index (κ3) is 3.03. The molecule has 18 heavy (non-hydrogen) atoms. The Hall–Kier alpha value is -1.06. The monoisotopic (exact) mass is 248 g/mol. The minimum atomic E-state index is -0.345. The summed E-state index contributed by atoms with van der Waals surface area (Å²) in [6, 6.07) is 8.27. The number of nitrogens with zero attached hydrogens (tertiary/aromatic N) is 2. The van der Waals surface area contributed by atoms with Crippen LogP contribution < -0.4 is 4.90 Å². The molecule has 1 atom stereocenters. The molecule has 100 valence electrons. The predicted molar refractivity (Wildman–Crippen MR) is 76.0 cm³/mol. The van der Waals surface area contributed by atoms with Gasteiger partial charge >= 0.3 is 0 Å². The minimum absolute atomic E-state index is 0.345. The lowest BCUT2D eigenvalue weighted by Crippen LogP contribution is -2.29. The Kier molecular flexibility index (Phi) is 4.61. The fraction of sp³-hybridized carbons (Fsp3) is 0.600. The van der Waals surface area contributed by atoms with Crippen molar-refractivity contribution in [2.75, 3.05) is 38.1 Å². The van der Waals surface area contributed by atoms with Crippen LogP contribution in [0.3, 0.4) is 0 Å². The second-order valence-corrected chi connectivity index (χ2v) is 5.13. The van der Waals surface area contributed by atoms with Gasteiger partial charge in [-0.25, -0.2) is 0 Å². The topological polar surface area (TPSA) is 26.7 Å². The third-order valence-corrected chi connectivity index (χ3v) is 3.74. The van der Waals surface area contributed by atoms with Crippen molar-refractivity contribution in [1.82, 2.24) is 4.90 Å². The van der Waals surface area contributed by atoms with Gasteiger partial charge in [-0.05, 0) is 32.5 Å². The van der Waals surface area contributed by atoms with E-state index in [1.54, 1.807) is 0 Å². The van der Waals surface area contributed by atoms with Crippen LogP contribution in [0.5, 0.6) is 0 Å². The summed E-state index contributed by atoms with van der Waals surface area (Å²) in [7, 11) is 2.18. The summed E-state index contributed by atoms with van der Waals surface area (Å²) in [4.78, 5) is 4.79. The first kappa shape index (κ1) is 13.4. The molecule has 0 aromatic heterocycles. The van der Waals surface area contributed by atoms with E-state index in [4.69, 9.17) is 0 Å².